The number of nitrogens with zero attached hydrogens (tertiary/aromatic N) is 3. The predicted molar refractivity (Wildman–Crippen MR) is 51.1 cm³/mol. The van der Waals surface area contributed by atoms with Crippen molar-refractivity contribution in [1.82, 2.24) is 9.36 Å². The molecular weight excluding hydrogens is 189 g/mol. The van der Waals surface area contributed by atoms with Gasteiger partial charge in [0.15, 0.2) is 0 Å². The third-order valence-corrected chi connectivity index (χ3v) is 2.85. The van der Waals surface area contributed by atoms with Crippen LogP contribution in [0.1, 0.15) is 25.6 Å². The summed E-state index contributed by atoms with van der Waals surface area (Å²) in [5, 5.41) is 0.859. The first kappa shape index (κ1) is 8.87. The summed E-state index contributed by atoms with van der Waals surface area (Å²) in [4.78, 5) is 6.26. The molecule has 13 heavy (non-hydrogen) atoms. The number of hydrogen-bond donors (Lipinski definition) is 0. The maximum Gasteiger partial charge on any atom is 0.205 e. The normalized spacial score (nSPS) is 18.0. The van der Waals surface area contributed by atoms with Gasteiger partial charge in [-0.25, -0.2) is 9.37 Å². The summed E-state index contributed by atoms with van der Waals surface area (Å²) in [6.45, 7) is 5.07. The van der Waals surface area contributed by atoms with Gasteiger partial charge in [0, 0.05) is 17.5 Å². The quantitative estimate of drug-likeness (QED) is 0.731. The Balaban J connectivity index is 2.06. The minimum Gasteiger partial charge on any atom is -0.341 e. The van der Waals surface area contributed by atoms with Crippen molar-refractivity contribution >= 4 is 16.7 Å². The topological polar surface area (TPSA) is 29.0 Å². The van der Waals surface area contributed by atoms with Gasteiger partial charge in [-0.15, -0.1) is 0 Å². The van der Waals surface area contributed by atoms with Crippen LogP contribution < -0.4 is 4.90 Å². The average Bonchev–Trinajstić information content (AvgIpc) is 2.46. The SMILES string of the molecule is CC(C)c1nsc(N2CC(F)C2)n1. The lowest BCUT2D eigenvalue weighted by molar-refractivity contribution is 0.274. The highest BCUT2D eigenvalue weighted by Crippen LogP contribution is 2.26. The molecule has 2 heterocycles. The maximum absolute atomic E-state index is 12.5. The van der Waals surface area contributed by atoms with Crippen molar-refractivity contribution < 1.29 is 4.39 Å². The first-order chi connectivity index (χ1) is 6.16. The molecule has 1 saturated heterocycles. The van der Waals surface area contributed by atoms with Gasteiger partial charge in [0.25, 0.3) is 0 Å². The van der Waals surface area contributed by atoms with Crippen LogP contribution in [0.4, 0.5) is 9.52 Å². The maximum atomic E-state index is 12.5. The first-order valence-corrected chi connectivity index (χ1v) is 5.17. The molecule has 0 unspecified atom stereocenters. The molecule has 0 bridgehead atoms. The van der Waals surface area contributed by atoms with Crippen molar-refractivity contribution in [3.05, 3.63) is 5.82 Å². The van der Waals surface area contributed by atoms with E-state index in [-0.39, 0.29) is 0 Å². The number of halogens is 1. The fourth-order valence-electron chi connectivity index (χ4n) is 1.17. The third kappa shape index (κ3) is 1.65. The van der Waals surface area contributed by atoms with Crippen LogP contribution in [0.2, 0.25) is 0 Å². The van der Waals surface area contributed by atoms with E-state index in [1.807, 2.05) is 4.90 Å². The largest absolute Gasteiger partial charge is 0.341 e. The van der Waals surface area contributed by atoms with Gasteiger partial charge in [-0.1, -0.05) is 13.8 Å². The molecule has 3 nitrogen and oxygen atoms in total. The summed E-state index contributed by atoms with van der Waals surface area (Å²) in [6.07, 6.45) is -0.675. The zero-order valence-corrected chi connectivity index (χ0v) is 8.51. The van der Waals surface area contributed by atoms with Crippen LogP contribution in [0.5, 0.6) is 0 Å². The summed E-state index contributed by atoms with van der Waals surface area (Å²) in [5.41, 5.74) is 0. The number of rotatable bonds is 2. The van der Waals surface area contributed by atoms with Gasteiger partial charge >= 0.3 is 0 Å². The van der Waals surface area contributed by atoms with Crippen LogP contribution in [-0.4, -0.2) is 28.6 Å². The Labute approximate surface area is 80.8 Å². The Bertz CT molecular complexity index is 293. The molecule has 0 aromatic carbocycles. The van der Waals surface area contributed by atoms with Gasteiger partial charge in [0.05, 0.1) is 13.1 Å². The van der Waals surface area contributed by atoms with E-state index in [9.17, 15) is 4.39 Å². The zero-order valence-electron chi connectivity index (χ0n) is 7.70. The fourth-order valence-corrected chi connectivity index (χ4v) is 2.00. The van der Waals surface area contributed by atoms with Gasteiger partial charge in [0.1, 0.15) is 12.0 Å². The molecular formula is C8H12FN3S. The van der Waals surface area contributed by atoms with Crippen molar-refractivity contribution in [3.8, 4) is 0 Å². The molecule has 1 aromatic rings. The van der Waals surface area contributed by atoms with E-state index >= 15 is 0 Å². The number of anilines is 1. The van der Waals surface area contributed by atoms with E-state index in [4.69, 9.17) is 0 Å². The minimum atomic E-state index is -0.675. The van der Waals surface area contributed by atoms with Gasteiger partial charge < -0.3 is 4.90 Å². The van der Waals surface area contributed by atoms with Gasteiger partial charge in [0.2, 0.25) is 5.13 Å². The lowest BCUT2D eigenvalue weighted by Gasteiger charge is -2.33. The van der Waals surface area contributed by atoms with Crippen molar-refractivity contribution in [2.45, 2.75) is 25.9 Å². The minimum absolute atomic E-state index is 0.354. The summed E-state index contributed by atoms with van der Waals surface area (Å²) in [6, 6.07) is 0. The molecule has 5 heteroatoms. The molecule has 0 radical (unpaired) electrons. The molecule has 0 aliphatic carbocycles. The van der Waals surface area contributed by atoms with Crippen LogP contribution in [0.15, 0.2) is 0 Å². The Morgan fingerprint density at radius 2 is 2.23 bits per heavy atom. The van der Waals surface area contributed by atoms with Crippen LogP contribution in [0.25, 0.3) is 0 Å². The Morgan fingerprint density at radius 1 is 1.54 bits per heavy atom. The van der Waals surface area contributed by atoms with Gasteiger partial charge in [-0.2, -0.15) is 4.37 Å². The smallest absolute Gasteiger partial charge is 0.205 e. The molecule has 0 N–H and O–H groups in total. The molecule has 1 aromatic heterocycles. The summed E-state index contributed by atoms with van der Waals surface area (Å²) in [5.74, 6) is 1.22. The summed E-state index contributed by atoms with van der Waals surface area (Å²) in [7, 11) is 0. The molecule has 0 atom stereocenters. The Kier molecular flexibility index (Phi) is 2.19. The number of alkyl halides is 1. The van der Waals surface area contributed by atoms with Crippen LogP contribution in [-0.2, 0) is 0 Å². The van der Waals surface area contributed by atoms with Crippen LogP contribution in [0.3, 0.4) is 0 Å². The highest BCUT2D eigenvalue weighted by Gasteiger charge is 2.28. The predicted octanol–water partition coefficient (Wildman–Crippen LogP) is 1.82. The van der Waals surface area contributed by atoms with E-state index in [1.165, 1.54) is 11.5 Å². The second-order valence-corrected chi connectivity index (χ2v) is 4.32. The molecule has 72 valence electrons. The van der Waals surface area contributed by atoms with Gasteiger partial charge in [-0.05, 0) is 0 Å². The average molecular weight is 201 g/mol. The molecule has 0 amide bonds. The zero-order chi connectivity index (χ0) is 9.42. The van der Waals surface area contributed by atoms with Crippen LogP contribution >= 0.6 is 11.5 Å². The second kappa shape index (κ2) is 3.21. The van der Waals surface area contributed by atoms with Crippen molar-refractivity contribution in [2.24, 2.45) is 0 Å². The molecule has 1 fully saturated rings. The van der Waals surface area contributed by atoms with Gasteiger partial charge in [-0.3, -0.25) is 0 Å². The fraction of sp³-hybridized carbons (Fsp3) is 0.750. The molecule has 0 saturated carbocycles. The lowest BCUT2D eigenvalue weighted by Crippen LogP contribution is -2.48. The molecule has 2 rings (SSSR count). The van der Waals surface area contributed by atoms with E-state index in [0.29, 0.717) is 19.0 Å². The van der Waals surface area contributed by atoms with Crippen LogP contribution in [0, 0.1) is 0 Å². The second-order valence-electron chi connectivity index (χ2n) is 3.59. The Hall–Kier alpha value is -0.710. The van der Waals surface area contributed by atoms with Crippen molar-refractivity contribution in [3.63, 3.8) is 0 Å². The van der Waals surface area contributed by atoms with E-state index in [1.54, 1.807) is 0 Å². The van der Waals surface area contributed by atoms with Crippen molar-refractivity contribution in [2.75, 3.05) is 18.0 Å². The third-order valence-electron chi connectivity index (χ3n) is 2.05. The van der Waals surface area contributed by atoms with E-state index in [2.05, 4.69) is 23.2 Å². The Morgan fingerprint density at radius 3 is 2.69 bits per heavy atom. The van der Waals surface area contributed by atoms with E-state index < -0.39 is 6.17 Å². The first-order valence-electron chi connectivity index (χ1n) is 4.39. The lowest BCUT2D eigenvalue weighted by atomic mass is 10.2. The summed E-state index contributed by atoms with van der Waals surface area (Å²) >= 11 is 1.36. The number of aromatic nitrogens is 2. The highest BCUT2D eigenvalue weighted by molar-refractivity contribution is 7.09. The molecule has 1 aliphatic rings. The monoisotopic (exact) mass is 201 g/mol. The van der Waals surface area contributed by atoms with Crippen molar-refractivity contribution in [1.29, 1.82) is 0 Å². The summed E-state index contributed by atoms with van der Waals surface area (Å²) < 4.78 is 16.7. The van der Waals surface area contributed by atoms with E-state index in [0.717, 1.165) is 11.0 Å². The highest BCUT2D eigenvalue weighted by atomic mass is 32.1. The number of hydrogen-bond acceptors (Lipinski definition) is 4. The molecule has 0 spiro atoms. The molecule has 1 aliphatic heterocycles. The standard InChI is InChI=1S/C8H12FN3S/c1-5(2)7-10-8(13-11-7)12-3-6(9)4-12/h5-6H,3-4H2,1-2H3.